The first kappa shape index (κ1) is 16.8. The Bertz CT molecular complexity index is 622. The van der Waals surface area contributed by atoms with E-state index in [1.807, 2.05) is 24.3 Å². The number of nitrogens with zero attached hydrogens (tertiary/aromatic N) is 2. The summed E-state index contributed by atoms with van der Waals surface area (Å²) in [7, 11) is -1.58. The summed E-state index contributed by atoms with van der Waals surface area (Å²) >= 11 is 0. The smallest absolute Gasteiger partial charge is 0.227 e. The summed E-state index contributed by atoms with van der Waals surface area (Å²) in [5.41, 5.74) is 0.846. The van der Waals surface area contributed by atoms with E-state index in [1.54, 1.807) is 18.9 Å². The highest BCUT2D eigenvalue weighted by atomic mass is 32.2. The third-order valence-corrected chi connectivity index (χ3v) is 5.77. The van der Waals surface area contributed by atoms with Crippen molar-refractivity contribution < 1.29 is 17.9 Å². The van der Waals surface area contributed by atoms with E-state index in [0.29, 0.717) is 31.9 Å². The van der Waals surface area contributed by atoms with Crippen LogP contribution in [0.4, 0.5) is 0 Å². The van der Waals surface area contributed by atoms with E-state index in [4.69, 9.17) is 4.74 Å². The molecule has 1 amide bonds. The van der Waals surface area contributed by atoms with E-state index >= 15 is 0 Å². The zero-order valence-electron chi connectivity index (χ0n) is 13.0. The molecule has 6 nitrogen and oxygen atoms in total. The van der Waals surface area contributed by atoms with Crippen molar-refractivity contribution in [2.45, 2.75) is 13.3 Å². The lowest BCUT2D eigenvalue weighted by Crippen LogP contribution is -2.51. The summed E-state index contributed by atoms with van der Waals surface area (Å²) in [5.74, 6) is 0.795. The molecule has 1 heterocycles. The molecule has 0 saturated carbocycles. The monoisotopic (exact) mass is 326 g/mol. The molecule has 0 aromatic heterocycles. The normalized spacial score (nSPS) is 16.5. The molecular formula is C15H22N2O4S. The van der Waals surface area contributed by atoms with Gasteiger partial charge >= 0.3 is 0 Å². The summed E-state index contributed by atoms with van der Waals surface area (Å²) in [6.45, 7) is 3.25. The molecule has 0 aliphatic carbocycles. The van der Waals surface area contributed by atoms with Crippen molar-refractivity contribution >= 4 is 15.9 Å². The molecule has 0 atom stereocenters. The van der Waals surface area contributed by atoms with Crippen molar-refractivity contribution in [1.29, 1.82) is 0 Å². The number of methoxy groups -OCH3 is 1. The molecule has 1 fully saturated rings. The van der Waals surface area contributed by atoms with Crippen molar-refractivity contribution in [1.82, 2.24) is 9.21 Å². The standard InChI is InChI=1S/C15H22N2O4S/c1-3-22(19,20)17-10-8-16(9-11-17)15(18)12-13-6-4-5-7-14(13)21-2/h4-7H,3,8-12H2,1-2H3. The maximum atomic E-state index is 12.4. The van der Waals surface area contributed by atoms with Crippen LogP contribution in [0.2, 0.25) is 0 Å². The van der Waals surface area contributed by atoms with Crippen molar-refractivity contribution in [3.05, 3.63) is 29.8 Å². The molecule has 22 heavy (non-hydrogen) atoms. The first-order chi connectivity index (χ1) is 10.5. The van der Waals surface area contributed by atoms with Crippen molar-refractivity contribution in [3.63, 3.8) is 0 Å². The molecule has 0 bridgehead atoms. The quantitative estimate of drug-likeness (QED) is 0.800. The summed E-state index contributed by atoms with van der Waals surface area (Å²) in [6, 6.07) is 7.43. The fourth-order valence-corrected chi connectivity index (χ4v) is 3.61. The number of ether oxygens (including phenoxy) is 1. The van der Waals surface area contributed by atoms with Gasteiger partial charge in [0.2, 0.25) is 15.9 Å². The van der Waals surface area contributed by atoms with E-state index in [2.05, 4.69) is 0 Å². The van der Waals surface area contributed by atoms with Gasteiger partial charge in [0.25, 0.3) is 0 Å². The molecule has 0 radical (unpaired) electrons. The molecule has 2 rings (SSSR count). The van der Waals surface area contributed by atoms with Gasteiger partial charge in [-0.1, -0.05) is 18.2 Å². The van der Waals surface area contributed by atoms with Gasteiger partial charge in [-0.15, -0.1) is 0 Å². The van der Waals surface area contributed by atoms with Crippen LogP contribution >= 0.6 is 0 Å². The topological polar surface area (TPSA) is 66.9 Å². The van der Waals surface area contributed by atoms with Gasteiger partial charge in [0, 0.05) is 31.7 Å². The van der Waals surface area contributed by atoms with Crippen molar-refractivity contribution in [3.8, 4) is 5.75 Å². The Morgan fingerprint density at radius 3 is 2.41 bits per heavy atom. The number of carbonyl (C=O) groups is 1. The second-order valence-electron chi connectivity index (χ2n) is 5.17. The van der Waals surface area contributed by atoms with Gasteiger partial charge in [0.05, 0.1) is 19.3 Å². The number of sulfonamides is 1. The minimum Gasteiger partial charge on any atom is -0.496 e. The van der Waals surface area contributed by atoms with Crippen LogP contribution in [0.3, 0.4) is 0 Å². The van der Waals surface area contributed by atoms with E-state index in [1.165, 1.54) is 4.31 Å². The first-order valence-electron chi connectivity index (χ1n) is 7.35. The van der Waals surface area contributed by atoms with E-state index in [-0.39, 0.29) is 18.1 Å². The predicted molar refractivity (Wildman–Crippen MR) is 84.3 cm³/mol. The number of amides is 1. The maximum Gasteiger partial charge on any atom is 0.227 e. The number of carbonyl (C=O) groups excluding carboxylic acids is 1. The average Bonchev–Trinajstić information content (AvgIpc) is 2.55. The molecule has 0 N–H and O–H groups in total. The first-order valence-corrected chi connectivity index (χ1v) is 8.96. The van der Waals surface area contributed by atoms with Gasteiger partial charge in [0.1, 0.15) is 5.75 Å². The number of hydrogen-bond donors (Lipinski definition) is 0. The van der Waals surface area contributed by atoms with E-state index < -0.39 is 10.0 Å². The molecule has 1 aromatic carbocycles. The zero-order chi connectivity index (χ0) is 16.2. The lowest BCUT2D eigenvalue weighted by molar-refractivity contribution is -0.131. The Morgan fingerprint density at radius 2 is 1.82 bits per heavy atom. The highest BCUT2D eigenvalue weighted by Crippen LogP contribution is 2.19. The summed E-state index contributed by atoms with van der Waals surface area (Å²) in [6.07, 6.45) is 0.268. The lowest BCUT2D eigenvalue weighted by atomic mass is 10.1. The van der Waals surface area contributed by atoms with Crippen LogP contribution in [0, 0.1) is 0 Å². The molecule has 122 valence electrons. The second-order valence-corrected chi connectivity index (χ2v) is 7.43. The van der Waals surface area contributed by atoms with Crippen LogP contribution in [0.5, 0.6) is 5.75 Å². The SMILES string of the molecule is CCS(=O)(=O)N1CCN(C(=O)Cc2ccccc2OC)CC1. The Hall–Kier alpha value is -1.60. The molecule has 1 aromatic rings. The Morgan fingerprint density at radius 1 is 1.18 bits per heavy atom. The van der Waals surface area contributed by atoms with Gasteiger partial charge in [-0.25, -0.2) is 8.42 Å². The number of para-hydroxylation sites is 1. The van der Waals surface area contributed by atoms with Gasteiger partial charge in [0.15, 0.2) is 0 Å². The average molecular weight is 326 g/mol. The molecular weight excluding hydrogens is 304 g/mol. The third-order valence-electron chi connectivity index (χ3n) is 3.88. The van der Waals surface area contributed by atoms with Gasteiger partial charge in [-0.2, -0.15) is 4.31 Å². The van der Waals surface area contributed by atoms with E-state index in [9.17, 15) is 13.2 Å². The summed E-state index contributed by atoms with van der Waals surface area (Å²) < 4.78 is 30.3. The minimum absolute atomic E-state index is 0.00181. The van der Waals surface area contributed by atoms with Crippen LogP contribution < -0.4 is 4.74 Å². The van der Waals surface area contributed by atoms with Crippen molar-refractivity contribution in [2.24, 2.45) is 0 Å². The Balaban J connectivity index is 1.96. The number of hydrogen-bond acceptors (Lipinski definition) is 4. The summed E-state index contributed by atoms with van der Waals surface area (Å²) in [4.78, 5) is 14.1. The molecule has 0 unspecified atom stereocenters. The fourth-order valence-electron chi connectivity index (χ4n) is 2.52. The number of benzene rings is 1. The molecule has 1 aliphatic rings. The number of piperazine rings is 1. The number of rotatable bonds is 5. The zero-order valence-corrected chi connectivity index (χ0v) is 13.8. The highest BCUT2D eigenvalue weighted by molar-refractivity contribution is 7.89. The molecule has 1 aliphatic heterocycles. The molecule has 7 heteroatoms. The predicted octanol–water partition coefficient (Wildman–Crippen LogP) is 0.732. The van der Waals surface area contributed by atoms with Crippen molar-refractivity contribution in [2.75, 3.05) is 39.0 Å². The van der Waals surface area contributed by atoms with Crippen LogP contribution in [0.15, 0.2) is 24.3 Å². The third kappa shape index (κ3) is 3.78. The van der Waals surface area contributed by atoms with Crippen LogP contribution in [0.1, 0.15) is 12.5 Å². The van der Waals surface area contributed by atoms with Crippen LogP contribution in [-0.2, 0) is 21.2 Å². The Labute approximate surface area is 131 Å². The molecule has 0 spiro atoms. The van der Waals surface area contributed by atoms with Crippen LogP contribution in [-0.4, -0.2) is 62.6 Å². The highest BCUT2D eigenvalue weighted by Gasteiger charge is 2.27. The second kappa shape index (κ2) is 7.11. The van der Waals surface area contributed by atoms with E-state index in [0.717, 1.165) is 5.56 Å². The largest absolute Gasteiger partial charge is 0.496 e. The fraction of sp³-hybridized carbons (Fsp3) is 0.533. The van der Waals surface area contributed by atoms with Gasteiger partial charge in [-0.3, -0.25) is 4.79 Å². The van der Waals surface area contributed by atoms with Crippen LogP contribution in [0.25, 0.3) is 0 Å². The van der Waals surface area contributed by atoms with Gasteiger partial charge < -0.3 is 9.64 Å². The maximum absolute atomic E-state index is 12.4. The lowest BCUT2D eigenvalue weighted by Gasteiger charge is -2.34. The Kier molecular flexibility index (Phi) is 5.42. The minimum atomic E-state index is -3.16. The molecule has 1 saturated heterocycles. The van der Waals surface area contributed by atoms with Gasteiger partial charge in [-0.05, 0) is 13.0 Å². The summed E-state index contributed by atoms with van der Waals surface area (Å²) in [5, 5.41) is 0.